The summed E-state index contributed by atoms with van der Waals surface area (Å²) >= 11 is 5.64. The van der Waals surface area contributed by atoms with Gasteiger partial charge in [-0.25, -0.2) is 4.79 Å². The lowest BCUT2D eigenvalue weighted by Crippen LogP contribution is -2.14. The standard InChI is InChI=1S/C15H15ClN4O7/c1-4-27-15(22)13-12(17-19(7-16)18-13)14(21)8-5-10(25-2)11(26-3)6-9(8)20(23)24/h5-6H,4,7H2,1-3H3. The number of hydrogen-bond donors (Lipinski definition) is 0. The van der Waals surface area contributed by atoms with Crippen LogP contribution in [0.4, 0.5) is 5.69 Å². The average molecular weight is 399 g/mol. The summed E-state index contributed by atoms with van der Waals surface area (Å²) in [5.74, 6) is -1.66. The van der Waals surface area contributed by atoms with Crippen molar-refractivity contribution in [3.8, 4) is 11.5 Å². The van der Waals surface area contributed by atoms with Gasteiger partial charge in [0.1, 0.15) is 11.6 Å². The van der Waals surface area contributed by atoms with Crippen LogP contribution in [0.25, 0.3) is 0 Å². The van der Waals surface area contributed by atoms with E-state index in [2.05, 4.69) is 10.2 Å². The smallest absolute Gasteiger partial charge is 0.361 e. The topological polar surface area (TPSA) is 136 Å². The van der Waals surface area contributed by atoms with Gasteiger partial charge in [0.25, 0.3) is 5.69 Å². The molecule has 0 spiro atoms. The first-order valence-electron chi connectivity index (χ1n) is 7.51. The van der Waals surface area contributed by atoms with Gasteiger partial charge in [0, 0.05) is 6.07 Å². The lowest BCUT2D eigenvalue weighted by atomic mass is 10.0. The quantitative estimate of drug-likeness (QED) is 0.214. The highest BCUT2D eigenvalue weighted by Gasteiger charge is 2.32. The van der Waals surface area contributed by atoms with Gasteiger partial charge in [-0.2, -0.15) is 4.80 Å². The monoisotopic (exact) mass is 398 g/mol. The minimum atomic E-state index is -0.915. The molecule has 0 atom stereocenters. The minimum absolute atomic E-state index is 0.0384. The van der Waals surface area contributed by atoms with Crippen LogP contribution >= 0.6 is 11.6 Å². The van der Waals surface area contributed by atoms with E-state index < -0.39 is 33.8 Å². The Morgan fingerprint density at radius 2 is 1.78 bits per heavy atom. The molecule has 12 heteroatoms. The number of hydrogen-bond acceptors (Lipinski definition) is 9. The Labute approximate surface area is 157 Å². The molecule has 2 rings (SSSR count). The molecule has 0 N–H and O–H groups in total. The number of ether oxygens (including phenoxy) is 3. The van der Waals surface area contributed by atoms with Crippen molar-refractivity contribution in [2.75, 3.05) is 20.8 Å². The van der Waals surface area contributed by atoms with Gasteiger partial charge in [0.15, 0.2) is 17.2 Å². The number of carbonyl (C=O) groups excluding carboxylic acids is 2. The summed E-state index contributed by atoms with van der Waals surface area (Å²) in [4.78, 5) is 36.5. The molecule has 27 heavy (non-hydrogen) atoms. The predicted molar refractivity (Wildman–Crippen MR) is 91.5 cm³/mol. The number of benzene rings is 1. The number of nitro groups is 1. The van der Waals surface area contributed by atoms with E-state index in [0.29, 0.717) is 0 Å². The summed E-state index contributed by atoms with van der Waals surface area (Å²) in [7, 11) is 2.61. The summed E-state index contributed by atoms with van der Waals surface area (Å²) in [5, 5.41) is 19.0. The van der Waals surface area contributed by atoms with E-state index in [1.807, 2.05) is 0 Å². The van der Waals surface area contributed by atoms with Crippen LogP contribution in [0.2, 0.25) is 0 Å². The Morgan fingerprint density at radius 3 is 2.30 bits per heavy atom. The van der Waals surface area contributed by atoms with Crippen molar-refractivity contribution in [3.63, 3.8) is 0 Å². The zero-order chi connectivity index (χ0) is 20.1. The third-order valence-corrected chi connectivity index (χ3v) is 3.60. The molecule has 0 saturated carbocycles. The summed E-state index contributed by atoms with van der Waals surface area (Å²) in [5.41, 5.74) is -1.73. The van der Waals surface area contributed by atoms with Gasteiger partial charge in [-0.15, -0.1) is 10.2 Å². The first-order chi connectivity index (χ1) is 12.9. The fourth-order valence-electron chi connectivity index (χ4n) is 2.22. The van der Waals surface area contributed by atoms with Crippen LogP contribution in [0.5, 0.6) is 11.5 Å². The van der Waals surface area contributed by atoms with Crippen molar-refractivity contribution in [1.29, 1.82) is 0 Å². The third kappa shape index (κ3) is 3.97. The van der Waals surface area contributed by atoms with Crippen LogP contribution in [0.15, 0.2) is 12.1 Å². The van der Waals surface area contributed by atoms with Crippen LogP contribution in [0.1, 0.15) is 33.5 Å². The van der Waals surface area contributed by atoms with Crippen molar-refractivity contribution < 1.29 is 28.7 Å². The number of nitro benzene ring substituents is 1. The Balaban J connectivity index is 2.65. The van der Waals surface area contributed by atoms with Crippen LogP contribution in [0.3, 0.4) is 0 Å². The number of carbonyl (C=O) groups is 2. The van der Waals surface area contributed by atoms with Crippen LogP contribution in [-0.2, 0) is 10.7 Å². The van der Waals surface area contributed by atoms with E-state index in [0.717, 1.165) is 16.9 Å². The molecule has 0 aliphatic carbocycles. The van der Waals surface area contributed by atoms with Gasteiger partial charge in [-0.1, -0.05) is 11.6 Å². The Hall–Kier alpha value is -3.21. The van der Waals surface area contributed by atoms with E-state index in [1.165, 1.54) is 14.2 Å². The lowest BCUT2D eigenvalue weighted by Gasteiger charge is -2.09. The van der Waals surface area contributed by atoms with Gasteiger partial charge in [0.2, 0.25) is 11.5 Å². The third-order valence-electron chi connectivity index (χ3n) is 3.39. The maximum absolute atomic E-state index is 12.9. The SMILES string of the molecule is CCOC(=O)c1nn(CCl)nc1C(=O)c1cc(OC)c(OC)cc1[N+](=O)[O-]. The van der Waals surface area contributed by atoms with Crippen LogP contribution < -0.4 is 9.47 Å². The molecule has 0 radical (unpaired) electrons. The highest BCUT2D eigenvalue weighted by molar-refractivity contribution is 6.16. The molecule has 0 fully saturated rings. The molecule has 0 aliphatic heterocycles. The lowest BCUT2D eigenvalue weighted by molar-refractivity contribution is -0.385. The number of nitrogens with zero attached hydrogens (tertiary/aromatic N) is 4. The molecule has 144 valence electrons. The Morgan fingerprint density at radius 1 is 1.19 bits per heavy atom. The molecule has 1 aromatic carbocycles. The van der Waals surface area contributed by atoms with Crippen molar-refractivity contribution in [3.05, 3.63) is 39.2 Å². The second-order valence-corrected chi connectivity index (χ2v) is 5.16. The zero-order valence-corrected chi connectivity index (χ0v) is 15.3. The summed E-state index contributed by atoms with van der Waals surface area (Å²) in [6.07, 6.45) is 0. The van der Waals surface area contributed by atoms with Crippen LogP contribution in [0, 0.1) is 10.1 Å². The number of rotatable bonds is 8. The first-order valence-corrected chi connectivity index (χ1v) is 8.04. The van der Waals surface area contributed by atoms with Crippen molar-refractivity contribution in [2.24, 2.45) is 0 Å². The molecule has 0 saturated heterocycles. The number of ketones is 1. The maximum Gasteiger partial charge on any atom is 0.361 e. The summed E-state index contributed by atoms with van der Waals surface area (Å²) in [6.45, 7) is 1.61. The molecule has 2 aromatic rings. The molecule has 0 bridgehead atoms. The second-order valence-electron chi connectivity index (χ2n) is 4.92. The molecule has 11 nitrogen and oxygen atoms in total. The van der Waals surface area contributed by atoms with Gasteiger partial charge >= 0.3 is 5.97 Å². The van der Waals surface area contributed by atoms with Crippen molar-refractivity contribution in [1.82, 2.24) is 15.0 Å². The van der Waals surface area contributed by atoms with E-state index >= 15 is 0 Å². The number of aromatic nitrogens is 3. The molecule has 0 unspecified atom stereocenters. The van der Waals surface area contributed by atoms with Crippen molar-refractivity contribution >= 4 is 29.0 Å². The highest BCUT2D eigenvalue weighted by Crippen LogP contribution is 2.35. The molecule has 0 aliphatic rings. The number of halogens is 1. The number of esters is 1. The summed E-state index contributed by atoms with van der Waals surface area (Å²) < 4.78 is 14.9. The molecule has 1 aromatic heterocycles. The molecule has 0 amide bonds. The normalized spacial score (nSPS) is 10.4. The fraction of sp³-hybridized carbons (Fsp3) is 0.333. The van der Waals surface area contributed by atoms with E-state index in [1.54, 1.807) is 6.92 Å². The predicted octanol–water partition coefficient (Wildman–Crippen LogP) is 1.81. The molecular formula is C15H15ClN4O7. The first kappa shape index (κ1) is 20.1. The van der Waals surface area contributed by atoms with E-state index in [4.69, 9.17) is 25.8 Å². The van der Waals surface area contributed by atoms with Gasteiger partial charge in [-0.05, 0) is 6.92 Å². The highest BCUT2D eigenvalue weighted by atomic mass is 35.5. The fourth-order valence-corrected chi connectivity index (χ4v) is 2.33. The average Bonchev–Trinajstić information content (AvgIpc) is 3.11. The second kappa shape index (κ2) is 8.45. The van der Waals surface area contributed by atoms with Gasteiger partial charge in [-0.3, -0.25) is 14.9 Å². The summed E-state index contributed by atoms with van der Waals surface area (Å²) in [6, 6.07) is 1.93. The van der Waals surface area contributed by atoms with E-state index in [-0.39, 0.29) is 29.7 Å². The Bertz CT molecular complexity index is 897. The Kier molecular flexibility index (Phi) is 6.29. The van der Waals surface area contributed by atoms with Crippen molar-refractivity contribution in [2.45, 2.75) is 12.9 Å². The molecular weight excluding hydrogens is 384 g/mol. The number of methoxy groups -OCH3 is 2. The molecule has 1 heterocycles. The largest absolute Gasteiger partial charge is 0.493 e. The van der Waals surface area contributed by atoms with E-state index in [9.17, 15) is 19.7 Å². The maximum atomic E-state index is 12.9. The number of alkyl halides is 1. The minimum Gasteiger partial charge on any atom is -0.493 e. The zero-order valence-electron chi connectivity index (χ0n) is 14.6. The van der Waals surface area contributed by atoms with Gasteiger partial charge in [0.05, 0.1) is 31.8 Å². The van der Waals surface area contributed by atoms with Crippen LogP contribution in [-0.4, -0.2) is 52.5 Å². The van der Waals surface area contributed by atoms with Gasteiger partial charge < -0.3 is 14.2 Å².